The van der Waals surface area contributed by atoms with Gasteiger partial charge in [-0.25, -0.2) is 0 Å². The van der Waals surface area contributed by atoms with Crippen molar-refractivity contribution in [3.8, 4) is 0 Å². The van der Waals surface area contributed by atoms with Gasteiger partial charge in [-0.2, -0.15) is 11.3 Å². The van der Waals surface area contributed by atoms with Gasteiger partial charge in [0.1, 0.15) is 0 Å². The first-order valence-electron chi connectivity index (χ1n) is 8.16. The fourth-order valence-electron chi connectivity index (χ4n) is 2.60. The summed E-state index contributed by atoms with van der Waals surface area (Å²) in [7, 11) is 0. The molecule has 23 heavy (non-hydrogen) atoms. The zero-order valence-electron chi connectivity index (χ0n) is 14.0. The van der Waals surface area contributed by atoms with Gasteiger partial charge in [0.05, 0.1) is 19.3 Å². The fourth-order valence-corrected chi connectivity index (χ4v) is 3.26. The van der Waals surface area contributed by atoms with Crippen molar-refractivity contribution in [2.45, 2.75) is 33.1 Å². The second-order valence-electron chi connectivity index (χ2n) is 6.37. The minimum Gasteiger partial charge on any atom is -0.389 e. The van der Waals surface area contributed by atoms with Gasteiger partial charge >= 0.3 is 0 Å². The molecule has 0 fully saturated rings. The van der Waals surface area contributed by atoms with Gasteiger partial charge in [-0.1, -0.05) is 44.2 Å². The molecule has 0 spiro atoms. The Morgan fingerprint density at radius 3 is 2.52 bits per heavy atom. The van der Waals surface area contributed by atoms with Crippen LogP contribution in [-0.4, -0.2) is 35.8 Å². The normalized spacial score (nSPS) is 12.9. The highest BCUT2D eigenvalue weighted by Gasteiger charge is 2.14. The van der Waals surface area contributed by atoms with Crippen molar-refractivity contribution < 1.29 is 9.84 Å². The summed E-state index contributed by atoms with van der Waals surface area (Å²) in [6.45, 7) is 7.84. The zero-order chi connectivity index (χ0) is 16.5. The van der Waals surface area contributed by atoms with Crippen molar-refractivity contribution >= 4 is 11.3 Å². The molecule has 1 heterocycles. The molecule has 126 valence electrons. The van der Waals surface area contributed by atoms with E-state index in [4.69, 9.17) is 4.74 Å². The number of hydrogen-bond donors (Lipinski definition) is 1. The van der Waals surface area contributed by atoms with Gasteiger partial charge < -0.3 is 9.84 Å². The molecule has 4 heteroatoms. The Morgan fingerprint density at radius 2 is 1.87 bits per heavy atom. The van der Waals surface area contributed by atoms with Crippen LogP contribution < -0.4 is 0 Å². The van der Waals surface area contributed by atoms with E-state index in [-0.39, 0.29) is 0 Å². The Bertz CT molecular complexity index is 528. The van der Waals surface area contributed by atoms with Gasteiger partial charge in [0, 0.05) is 19.6 Å². The van der Waals surface area contributed by atoms with Gasteiger partial charge in [-0.05, 0) is 33.9 Å². The smallest absolute Gasteiger partial charge is 0.0900 e. The van der Waals surface area contributed by atoms with Crippen LogP contribution in [0.4, 0.5) is 0 Å². The van der Waals surface area contributed by atoms with Gasteiger partial charge in [0.25, 0.3) is 0 Å². The Labute approximate surface area is 143 Å². The zero-order valence-corrected chi connectivity index (χ0v) is 14.8. The second-order valence-corrected chi connectivity index (χ2v) is 7.15. The standard InChI is InChI=1S/C19H27NO2S/c1-16(2)10-20(11-18-8-9-23-15-18)12-19(21)14-22-13-17-6-4-3-5-7-17/h3-9,15-16,19,21H,10-14H2,1-2H3/t19-/m1/s1. The van der Waals surface area contributed by atoms with E-state index in [0.717, 1.165) is 18.7 Å². The molecule has 1 N–H and O–H groups in total. The predicted octanol–water partition coefficient (Wildman–Crippen LogP) is 3.78. The lowest BCUT2D eigenvalue weighted by molar-refractivity contribution is 0.00680. The summed E-state index contributed by atoms with van der Waals surface area (Å²) >= 11 is 1.72. The number of aliphatic hydroxyl groups is 1. The fraction of sp³-hybridized carbons (Fsp3) is 0.474. The number of thiophene rings is 1. The van der Waals surface area contributed by atoms with Crippen LogP contribution in [0.1, 0.15) is 25.0 Å². The predicted molar refractivity (Wildman–Crippen MR) is 96.5 cm³/mol. The van der Waals surface area contributed by atoms with Crippen molar-refractivity contribution in [2.75, 3.05) is 19.7 Å². The number of hydrogen-bond acceptors (Lipinski definition) is 4. The van der Waals surface area contributed by atoms with E-state index in [1.165, 1.54) is 5.56 Å². The van der Waals surface area contributed by atoms with Crippen LogP contribution in [-0.2, 0) is 17.9 Å². The van der Waals surface area contributed by atoms with Crippen LogP contribution in [0.25, 0.3) is 0 Å². The molecule has 0 aliphatic carbocycles. The van der Waals surface area contributed by atoms with E-state index in [1.807, 2.05) is 30.3 Å². The summed E-state index contributed by atoms with van der Waals surface area (Å²) in [6, 6.07) is 12.2. The van der Waals surface area contributed by atoms with Crippen LogP contribution >= 0.6 is 11.3 Å². The minimum atomic E-state index is -0.462. The second kappa shape index (κ2) is 9.83. The average molecular weight is 333 g/mol. The molecule has 0 amide bonds. The van der Waals surface area contributed by atoms with E-state index in [1.54, 1.807) is 11.3 Å². The van der Waals surface area contributed by atoms with Crippen molar-refractivity contribution in [3.05, 3.63) is 58.3 Å². The molecule has 0 unspecified atom stereocenters. The summed E-state index contributed by atoms with van der Waals surface area (Å²) in [6.07, 6.45) is -0.462. The van der Waals surface area contributed by atoms with Crippen LogP contribution in [0, 0.1) is 5.92 Å². The third-order valence-electron chi connectivity index (χ3n) is 3.50. The van der Waals surface area contributed by atoms with Crippen LogP contribution in [0.5, 0.6) is 0 Å². The molecule has 2 rings (SSSR count). The maximum absolute atomic E-state index is 10.3. The van der Waals surface area contributed by atoms with Gasteiger partial charge in [-0.15, -0.1) is 0 Å². The van der Waals surface area contributed by atoms with Crippen molar-refractivity contribution in [1.82, 2.24) is 4.90 Å². The Kier molecular flexibility index (Phi) is 7.76. The first-order chi connectivity index (χ1) is 11.1. The third-order valence-corrected chi connectivity index (χ3v) is 4.23. The first-order valence-corrected chi connectivity index (χ1v) is 9.11. The maximum atomic E-state index is 10.3. The molecule has 0 saturated carbocycles. The van der Waals surface area contributed by atoms with Crippen molar-refractivity contribution in [3.63, 3.8) is 0 Å². The van der Waals surface area contributed by atoms with Crippen molar-refractivity contribution in [1.29, 1.82) is 0 Å². The van der Waals surface area contributed by atoms with E-state index in [0.29, 0.717) is 25.7 Å². The number of nitrogens with zero attached hydrogens (tertiary/aromatic N) is 1. The van der Waals surface area contributed by atoms with Gasteiger partial charge in [0.15, 0.2) is 0 Å². The van der Waals surface area contributed by atoms with E-state index in [2.05, 4.69) is 35.6 Å². The summed E-state index contributed by atoms with van der Waals surface area (Å²) in [5.74, 6) is 0.575. The Morgan fingerprint density at radius 1 is 1.09 bits per heavy atom. The number of benzene rings is 1. The van der Waals surface area contributed by atoms with Crippen molar-refractivity contribution in [2.24, 2.45) is 5.92 Å². The molecule has 0 aliphatic rings. The van der Waals surface area contributed by atoms with Crippen LogP contribution in [0.2, 0.25) is 0 Å². The largest absolute Gasteiger partial charge is 0.389 e. The summed E-state index contributed by atoms with van der Waals surface area (Å²) in [4.78, 5) is 2.31. The average Bonchev–Trinajstić information content (AvgIpc) is 3.00. The van der Waals surface area contributed by atoms with E-state index < -0.39 is 6.10 Å². The summed E-state index contributed by atoms with van der Waals surface area (Å²) in [5, 5.41) is 14.5. The topological polar surface area (TPSA) is 32.7 Å². The quantitative estimate of drug-likeness (QED) is 0.718. The lowest BCUT2D eigenvalue weighted by Gasteiger charge is -2.26. The molecule has 1 atom stereocenters. The van der Waals surface area contributed by atoms with Crippen LogP contribution in [0.3, 0.4) is 0 Å². The summed E-state index contributed by atoms with van der Waals surface area (Å²) < 4.78 is 5.65. The highest BCUT2D eigenvalue weighted by atomic mass is 32.1. The molecule has 0 radical (unpaired) electrons. The Balaban J connectivity index is 1.76. The number of aliphatic hydroxyl groups excluding tert-OH is 1. The molecule has 0 bridgehead atoms. The lowest BCUT2D eigenvalue weighted by Crippen LogP contribution is -2.36. The lowest BCUT2D eigenvalue weighted by atomic mass is 10.2. The molecule has 0 saturated heterocycles. The first kappa shape index (κ1) is 18.1. The molecule has 3 nitrogen and oxygen atoms in total. The number of rotatable bonds is 10. The number of ether oxygens (including phenoxy) is 1. The van der Waals surface area contributed by atoms with E-state index >= 15 is 0 Å². The third kappa shape index (κ3) is 7.27. The SMILES string of the molecule is CC(C)CN(Cc1ccsc1)C[C@@H](O)COCc1ccccc1. The van der Waals surface area contributed by atoms with Crippen LogP contribution in [0.15, 0.2) is 47.2 Å². The monoisotopic (exact) mass is 333 g/mol. The molecule has 1 aromatic carbocycles. The molecular weight excluding hydrogens is 306 g/mol. The summed E-state index contributed by atoms with van der Waals surface area (Å²) in [5.41, 5.74) is 2.45. The molecule has 1 aromatic heterocycles. The van der Waals surface area contributed by atoms with Gasteiger partial charge in [0.2, 0.25) is 0 Å². The molecular formula is C19H27NO2S. The molecule has 2 aromatic rings. The Hall–Kier alpha value is -1.20. The van der Waals surface area contributed by atoms with E-state index in [9.17, 15) is 5.11 Å². The highest BCUT2D eigenvalue weighted by Crippen LogP contribution is 2.12. The molecule has 0 aliphatic heterocycles. The maximum Gasteiger partial charge on any atom is 0.0900 e. The van der Waals surface area contributed by atoms with Gasteiger partial charge in [-0.3, -0.25) is 4.90 Å². The highest BCUT2D eigenvalue weighted by molar-refractivity contribution is 7.07. The minimum absolute atomic E-state index is 0.368.